The van der Waals surface area contributed by atoms with E-state index >= 15 is 0 Å². The molecule has 6 nitrogen and oxygen atoms in total. The van der Waals surface area contributed by atoms with E-state index < -0.39 is 0 Å². The van der Waals surface area contributed by atoms with Gasteiger partial charge >= 0.3 is 11.9 Å². The Hall–Kier alpha value is -2.24. The zero-order chi connectivity index (χ0) is 23.9. The second-order valence-corrected chi connectivity index (χ2v) is 8.50. The average Bonchev–Trinajstić information content (AvgIpc) is 2.73. The van der Waals surface area contributed by atoms with Gasteiger partial charge in [-0.2, -0.15) is 0 Å². The molecule has 1 N–H and O–H groups in total. The predicted molar refractivity (Wildman–Crippen MR) is 126 cm³/mol. The minimum Gasteiger partial charge on any atom is -0.504 e. The zero-order valence-corrected chi connectivity index (χ0v) is 20.6. The molecule has 0 aliphatic rings. The molecule has 1 rings (SSSR count). The van der Waals surface area contributed by atoms with E-state index in [4.69, 9.17) is 14.2 Å². The van der Waals surface area contributed by atoms with Gasteiger partial charge in [0.25, 0.3) is 0 Å². The van der Waals surface area contributed by atoms with Crippen LogP contribution in [0.25, 0.3) is 0 Å². The molecule has 0 unspecified atom stereocenters. The minimum atomic E-state index is -0.346. The van der Waals surface area contributed by atoms with Crippen molar-refractivity contribution in [2.75, 3.05) is 7.11 Å². The normalized spacial score (nSPS) is 12.8. The summed E-state index contributed by atoms with van der Waals surface area (Å²) in [6, 6.07) is 3.86. The highest BCUT2D eigenvalue weighted by Gasteiger charge is 2.22. The predicted octanol–water partition coefficient (Wildman–Crippen LogP) is 5.90. The van der Waals surface area contributed by atoms with Gasteiger partial charge in [0, 0.05) is 20.3 Å². The van der Waals surface area contributed by atoms with Crippen molar-refractivity contribution in [3.8, 4) is 11.5 Å². The van der Waals surface area contributed by atoms with Crippen LogP contribution in [0.4, 0.5) is 0 Å². The number of hydrogen-bond donors (Lipinski definition) is 1. The molecule has 0 aromatic heterocycles. The van der Waals surface area contributed by atoms with Gasteiger partial charge in [-0.15, -0.1) is 0 Å². The second kappa shape index (κ2) is 15.5. The maximum atomic E-state index is 11.7. The van der Waals surface area contributed by atoms with Crippen LogP contribution in [0, 0.1) is 0 Å². The fourth-order valence-electron chi connectivity index (χ4n) is 3.95. The Balaban J connectivity index is 2.91. The molecule has 0 saturated heterocycles. The lowest BCUT2D eigenvalue weighted by Gasteiger charge is -2.23. The Morgan fingerprint density at radius 2 is 1.47 bits per heavy atom. The smallest absolute Gasteiger partial charge is 0.302 e. The molecule has 0 bridgehead atoms. The number of carbonyl (C=O) groups excluding carboxylic acids is 2. The van der Waals surface area contributed by atoms with E-state index in [1.54, 1.807) is 7.11 Å². The van der Waals surface area contributed by atoms with Crippen LogP contribution in [0.2, 0.25) is 0 Å². The minimum absolute atomic E-state index is 0.203. The fourth-order valence-corrected chi connectivity index (χ4v) is 3.95. The molecule has 0 aliphatic heterocycles. The summed E-state index contributed by atoms with van der Waals surface area (Å²) in [7, 11) is 1.55. The molecule has 0 aliphatic carbocycles. The maximum Gasteiger partial charge on any atom is 0.302 e. The molecule has 1 aromatic carbocycles. The van der Waals surface area contributed by atoms with Crippen molar-refractivity contribution in [3.63, 3.8) is 0 Å². The summed E-state index contributed by atoms with van der Waals surface area (Å²) >= 11 is 0. The van der Waals surface area contributed by atoms with E-state index in [0.717, 1.165) is 62.5 Å². The number of aryl methyl sites for hydroxylation is 2. The average molecular weight is 451 g/mol. The number of phenolic OH excluding ortho intramolecular Hbond substituents is 1. The summed E-state index contributed by atoms with van der Waals surface area (Å²) in [5.41, 5.74) is 1.91. The van der Waals surface area contributed by atoms with Crippen molar-refractivity contribution >= 4 is 11.9 Å². The summed E-state index contributed by atoms with van der Waals surface area (Å²) < 4.78 is 16.4. The standard InChI is InChI=1S/C26H42O6/c1-6-8-10-12-22-16-21(17-25(30-5)26(22)29)14-15-24(32-20(4)28)18-23(31-19(3)27)13-11-9-7-2/h16-17,23-24,29H,6-15,18H2,1-5H3/t23-,24+/m0/s1. The van der Waals surface area contributed by atoms with Crippen molar-refractivity contribution < 1.29 is 28.9 Å². The third-order valence-electron chi connectivity index (χ3n) is 5.56. The van der Waals surface area contributed by atoms with Gasteiger partial charge in [0.1, 0.15) is 12.2 Å². The number of ether oxygens (including phenoxy) is 3. The van der Waals surface area contributed by atoms with Crippen LogP contribution in [-0.4, -0.2) is 36.4 Å². The number of unbranched alkanes of at least 4 members (excludes halogenated alkanes) is 4. The van der Waals surface area contributed by atoms with Gasteiger partial charge in [0.2, 0.25) is 0 Å². The molecule has 0 saturated carbocycles. The molecule has 182 valence electrons. The lowest BCUT2D eigenvalue weighted by Crippen LogP contribution is -2.27. The van der Waals surface area contributed by atoms with Crippen LogP contribution in [0.1, 0.15) is 96.6 Å². The molecule has 0 fully saturated rings. The highest BCUT2D eigenvalue weighted by Crippen LogP contribution is 2.33. The van der Waals surface area contributed by atoms with Gasteiger partial charge in [0.05, 0.1) is 7.11 Å². The van der Waals surface area contributed by atoms with E-state index in [9.17, 15) is 14.7 Å². The summed E-state index contributed by atoms with van der Waals surface area (Å²) in [5, 5.41) is 10.5. The van der Waals surface area contributed by atoms with Crippen molar-refractivity contribution in [2.24, 2.45) is 0 Å². The molecule has 32 heavy (non-hydrogen) atoms. The zero-order valence-electron chi connectivity index (χ0n) is 20.6. The Morgan fingerprint density at radius 1 is 0.875 bits per heavy atom. The van der Waals surface area contributed by atoms with Gasteiger partial charge < -0.3 is 19.3 Å². The van der Waals surface area contributed by atoms with Crippen LogP contribution < -0.4 is 4.74 Å². The van der Waals surface area contributed by atoms with E-state index in [1.807, 2.05) is 12.1 Å². The molecule has 0 heterocycles. The molecular formula is C26H42O6. The van der Waals surface area contributed by atoms with Crippen LogP contribution in [0.3, 0.4) is 0 Å². The monoisotopic (exact) mass is 450 g/mol. The van der Waals surface area contributed by atoms with Gasteiger partial charge in [-0.1, -0.05) is 45.6 Å². The first-order valence-electron chi connectivity index (χ1n) is 12.0. The number of hydrogen-bond acceptors (Lipinski definition) is 6. The number of phenols is 1. The van der Waals surface area contributed by atoms with Gasteiger partial charge in [-0.3, -0.25) is 9.59 Å². The van der Waals surface area contributed by atoms with E-state index in [0.29, 0.717) is 25.0 Å². The van der Waals surface area contributed by atoms with Gasteiger partial charge in [-0.05, 0) is 55.7 Å². The Kier molecular flexibility index (Phi) is 13.5. The number of benzene rings is 1. The Morgan fingerprint density at radius 3 is 2.03 bits per heavy atom. The van der Waals surface area contributed by atoms with Gasteiger partial charge in [-0.25, -0.2) is 0 Å². The highest BCUT2D eigenvalue weighted by molar-refractivity contribution is 5.66. The second-order valence-electron chi connectivity index (χ2n) is 8.50. The topological polar surface area (TPSA) is 82.1 Å². The lowest BCUT2D eigenvalue weighted by atomic mass is 9.97. The van der Waals surface area contributed by atoms with E-state index in [-0.39, 0.29) is 29.9 Å². The van der Waals surface area contributed by atoms with Crippen LogP contribution >= 0.6 is 0 Å². The summed E-state index contributed by atoms with van der Waals surface area (Å²) in [6.07, 6.45) is 9.07. The first-order chi connectivity index (χ1) is 15.3. The molecule has 6 heteroatoms. The fraction of sp³-hybridized carbons (Fsp3) is 0.692. The van der Waals surface area contributed by atoms with Crippen molar-refractivity contribution in [3.05, 3.63) is 23.3 Å². The molecular weight excluding hydrogens is 408 g/mol. The van der Waals surface area contributed by atoms with Crippen LogP contribution in [0.15, 0.2) is 12.1 Å². The number of rotatable bonds is 16. The number of methoxy groups -OCH3 is 1. The molecule has 0 amide bonds. The molecule has 2 atom stereocenters. The quantitative estimate of drug-likeness (QED) is 0.249. The summed E-state index contributed by atoms with van der Waals surface area (Å²) in [5.74, 6) is 0.0202. The van der Waals surface area contributed by atoms with Gasteiger partial charge in [0.15, 0.2) is 11.5 Å². The van der Waals surface area contributed by atoms with Crippen molar-refractivity contribution in [1.29, 1.82) is 0 Å². The largest absolute Gasteiger partial charge is 0.504 e. The van der Waals surface area contributed by atoms with Crippen LogP contribution in [-0.2, 0) is 31.9 Å². The lowest BCUT2D eigenvalue weighted by molar-refractivity contribution is -0.153. The first kappa shape index (κ1) is 27.8. The Bertz CT molecular complexity index is 700. The van der Waals surface area contributed by atoms with Crippen molar-refractivity contribution in [1.82, 2.24) is 0 Å². The van der Waals surface area contributed by atoms with E-state index in [1.165, 1.54) is 13.8 Å². The molecule has 0 radical (unpaired) electrons. The number of esters is 2. The highest BCUT2D eigenvalue weighted by atomic mass is 16.6. The third kappa shape index (κ3) is 10.9. The van der Waals surface area contributed by atoms with Crippen LogP contribution in [0.5, 0.6) is 11.5 Å². The number of carbonyl (C=O) groups is 2. The SMILES string of the molecule is CCCCCc1cc(CC[C@H](C[C@H](CCCCC)OC(C)=O)OC(C)=O)cc(OC)c1O. The summed E-state index contributed by atoms with van der Waals surface area (Å²) in [6.45, 7) is 7.10. The number of aromatic hydroxyl groups is 1. The maximum absolute atomic E-state index is 11.7. The first-order valence-corrected chi connectivity index (χ1v) is 12.0. The molecule has 0 spiro atoms. The summed E-state index contributed by atoms with van der Waals surface area (Å²) in [4.78, 5) is 23.2. The van der Waals surface area contributed by atoms with E-state index in [2.05, 4.69) is 13.8 Å². The Labute approximate surface area is 193 Å². The molecule has 1 aromatic rings. The third-order valence-corrected chi connectivity index (χ3v) is 5.56. The van der Waals surface area contributed by atoms with Crippen molar-refractivity contribution in [2.45, 2.75) is 111 Å².